The summed E-state index contributed by atoms with van der Waals surface area (Å²) in [5, 5.41) is 11.5. The molecule has 1 rings (SSSR count). The molecule has 0 aliphatic heterocycles. The molecule has 1 aromatic heterocycles. The van der Waals surface area contributed by atoms with Crippen LogP contribution in [0, 0.1) is 0 Å². The van der Waals surface area contributed by atoms with E-state index in [2.05, 4.69) is 33.8 Å². The van der Waals surface area contributed by atoms with Gasteiger partial charge in [-0.15, -0.1) is 18.5 Å². The van der Waals surface area contributed by atoms with Crippen LogP contribution in [0.4, 0.5) is 0 Å². The second-order valence-electron chi connectivity index (χ2n) is 3.92. The number of nitrogens with zero attached hydrogens (tertiary/aromatic N) is 2. The summed E-state index contributed by atoms with van der Waals surface area (Å²) in [6.45, 7) is 2.35. The van der Waals surface area contributed by atoms with Gasteiger partial charge in [-0.1, -0.05) is 13.3 Å². The molecule has 0 fully saturated rings. The summed E-state index contributed by atoms with van der Waals surface area (Å²) in [5.41, 5.74) is -0.105. The quantitative estimate of drug-likeness (QED) is 0.577. The van der Waals surface area contributed by atoms with E-state index in [1.54, 1.807) is 0 Å². The number of unbranched alkanes of at least 4 members (excludes halogenated alkanes) is 1. The van der Waals surface area contributed by atoms with Crippen LogP contribution in [0.3, 0.4) is 0 Å². The van der Waals surface area contributed by atoms with Crippen LogP contribution in [0.15, 0.2) is 6.20 Å². The van der Waals surface area contributed by atoms with Gasteiger partial charge in [-0.05, 0) is 6.42 Å². The first-order chi connectivity index (χ1) is 9.45. The van der Waals surface area contributed by atoms with Crippen molar-refractivity contribution in [2.45, 2.75) is 25.3 Å². The monoisotopic (exact) mass is 317 g/mol. The molecule has 0 aliphatic rings. The summed E-state index contributed by atoms with van der Waals surface area (Å²) in [7, 11) is 4.79. The van der Waals surface area contributed by atoms with Crippen molar-refractivity contribution in [2.24, 2.45) is 0 Å². The van der Waals surface area contributed by atoms with E-state index in [0.717, 1.165) is 19.0 Å². The Labute approximate surface area is 121 Å². The first-order valence-corrected chi connectivity index (χ1v) is 7.34. The van der Waals surface area contributed by atoms with Crippen LogP contribution in [0.25, 0.3) is 0 Å². The van der Waals surface area contributed by atoms with Crippen molar-refractivity contribution in [3.63, 3.8) is 0 Å². The number of carbonyl (C=O) groups excluding carboxylic acids is 1. The second-order valence-corrected chi connectivity index (χ2v) is 6.13. The smallest absolute Gasteiger partial charge is 0.374 e. The normalized spacial score (nSPS) is 10.4. The Kier molecular flexibility index (Phi) is 6.76. The van der Waals surface area contributed by atoms with E-state index < -0.39 is 17.7 Å². The van der Waals surface area contributed by atoms with Crippen molar-refractivity contribution >= 4 is 30.4 Å². The lowest BCUT2D eigenvalue weighted by Crippen LogP contribution is -2.27. The number of carbonyl (C=O) groups is 2. The van der Waals surface area contributed by atoms with Crippen molar-refractivity contribution in [3.05, 3.63) is 17.6 Å². The Bertz CT molecular complexity index is 497. The van der Waals surface area contributed by atoms with Gasteiger partial charge < -0.3 is 15.2 Å². The molecule has 0 spiro atoms. The van der Waals surface area contributed by atoms with Crippen LogP contribution in [-0.2, 0) is 0 Å². The predicted molar refractivity (Wildman–Crippen MR) is 80.1 cm³/mol. The summed E-state index contributed by atoms with van der Waals surface area (Å²) in [6.07, 6.45) is 2.85. The highest BCUT2D eigenvalue weighted by Gasteiger charge is 2.19. The van der Waals surface area contributed by atoms with Gasteiger partial charge in [0.25, 0.3) is 5.91 Å². The Morgan fingerprint density at radius 1 is 1.50 bits per heavy atom. The molecule has 1 aromatic rings. The van der Waals surface area contributed by atoms with Crippen LogP contribution in [0.1, 0.15) is 40.7 Å². The van der Waals surface area contributed by atoms with Gasteiger partial charge in [-0.3, -0.25) is 4.79 Å². The van der Waals surface area contributed by atoms with Gasteiger partial charge in [0.1, 0.15) is 5.56 Å². The molecule has 0 aromatic carbocycles. The molecule has 0 saturated heterocycles. The molecule has 9 heteroatoms. The lowest BCUT2D eigenvalue weighted by atomic mass is 10.3. The van der Waals surface area contributed by atoms with Crippen LogP contribution < -0.4 is 10.1 Å². The fraction of sp³-hybridized carbons (Fsp3) is 0.455. The maximum Gasteiger partial charge on any atom is 0.374 e. The third kappa shape index (κ3) is 4.99. The molecule has 7 nitrogen and oxygen atoms in total. The van der Waals surface area contributed by atoms with E-state index in [-0.39, 0.29) is 17.0 Å². The van der Waals surface area contributed by atoms with E-state index in [1.807, 2.05) is 6.92 Å². The van der Waals surface area contributed by atoms with Gasteiger partial charge in [0.2, 0.25) is 11.7 Å². The topological polar surface area (TPSA) is 101 Å². The first kappa shape index (κ1) is 16.7. The summed E-state index contributed by atoms with van der Waals surface area (Å²) in [5.74, 6) is -2.11. The fourth-order valence-corrected chi connectivity index (χ4v) is 1.58. The molecule has 0 bridgehead atoms. The summed E-state index contributed by atoms with van der Waals surface area (Å²) in [4.78, 5) is 30.2. The minimum absolute atomic E-state index is 0.0148. The number of amides is 1. The van der Waals surface area contributed by atoms with Crippen LogP contribution in [0.2, 0.25) is 0 Å². The zero-order valence-electron chi connectivity index (χ0n) is 11.0. The average Bonchev–Trinajstić information content (AvgIpc) is 2.37. The standard InChI is InChI=1S/C11H17N3O4P2/c1-2-3-4-18-9-6(8(15)14-11(19)20)5-12-7(13-9)10(16)17/h5,11H,2-4,19-20H2,1H3,(H,14,15)(H,16,17). The van der Waals surface area contributed by atoms with Gasteiger partial charge in [-0.25, -0.2) is 9.78 Å². The molecule has 2 atom stereocenters. The average molecular weight is 317 g/mol. The van der Waals surface area contributed by atoms with Gasteiger partial charge in [0.15, 0.2) is 0 Å². The Morgan fingerprint density at radius 2 is 2.20 bits per heavy atom. The maximum atomic E-state index is 11.9. The molecule has 1 amide bonds. The highest BCUT2D eigenvalue weighted by molar-refractivity contribution is 7.37. The number of carboxylic acid groups (broad SMARTS) is 1. The van der Waals surface area contributed by atoms with Crippen molar-refractivity contribution in [3.8, 4) is 5.88 Å². The number of nitrogens with one attached hydrogen (secondary N) is 1. The Morgan fingerprint density at radius 3 is 2.75 bits per heavy atom. The molecular weight excluding hydrogens is 300 g/mol. The molecule has 20 heavy (non-hydrogen) atoms. The number of rotatable bonds is 7. The van der Waals surface area contributed by atoms with Gasteiger partial charge in [-0.2, -0.15) is 4.98 Å². The third-order valence-electron chi connectivity index (χ3n) is 2.22. The lowest BCUT2D eigenvalue weighted by molar-refractivity contribution is 0.0680. The van der Waals surface area contributed by atoms with Crippen molar-refractivity contribution in [1.82, 2.24) is 15.3 Å². The third-order valence-corrected chi connectivity index (χ3v) is 2.56. The number of hydrogen-bond acceptors (Lipinski definition) is 5. The van der Waals surface area contributed by atoms with E-state index in [9.17, 15) is 9.59 Å². The molecule has 0 saturated carbocycles. The largest absolute Gasteiger partial charge is 0.477 e. The molecule has 110 valence electrons. The minimum atomic E-state index is -1.27. The van der Waals surface area contributed by atoms with E-state index in [0.29, 0.717) is 6.61 Å². The zero-order valence-corrected chi connectivity index (χ0v) is 13.3. The fourth-order valence-electron chi connectivity index (χ4n) is 1.28. The van der Waals surface area contributed by atoms with E-state index in [4.69, 9.17) is 9.84 Å². The number of aromatic carboxylic acids is 1. The van der Waals surface area contributed by atoms with Crippen molar-refractivity contribution < 1.29 is 19.4 Å². The first-order valence-electron chi connectivity index (χ1n) is 6.00. The van der Waals surface area contributed by atoms with Crippen LogP contribution in [-0.4, -0.2) is 39.1 Å². The van der Waals surface area contributed by atoms with Crippen LogP contribution in [0.5, 0.6) is 5.88 Å². The Hall–Kier alpha value is -1.32. The maximum absolute atomic E-state index is 11.9. The number of ether oxygens (including phenoxy) is 1. The van der Waals surface area contributed by atoms with Crippen LogP contribution >= 0.6 is 18.5 Å². The second kappa shape index (κ2) is 8.08. The Balaban J connectivity index is 3.01. The number of aromatic nitrogens is 2. The molecule has 2 unspecified atom stereocenters. The van der Waals surface area contributed by atoms with Gasteiger partial charge in [0, 0.05) is 6.20 Å². The molecule has 0 aliphatic carbocycles. The van der Waals surface area contributed by atoms with Crippen molar-refractivity contribution in [1.29, 1.82) is 0 Å². The van der Waals surface area contributed by atoms with E-state index in [1.165, 1.54) is 0 Å². The predicted octanol–water partition coefficient (Wildman–Crippen LogP) is 1.12. The molecule has 2 N–H and O–H groups in total. The zero-order chi connectivity index (χ0) is 15.1. The number of hydrogen-bond donors (Lipinski definition) is 2. The minimum Gasteiger partial charge on any atom is -0.477 e. The highest BCUT2D eigenvalue weighted by Crippen LogP contribution is 2.17. The SMILES string of the molecule is CCCCOc1nc(C(=O)O)ncc1C(=O)NC(P)P. The summed E-state index contributed by atoms with van der Waals surface area (Å²) < 4.78 is 5.38. The number of carboxylic acids is 1. The lowest BCUT2D eigenvalue weighted by Gasteiger charge is -2.12. The highest BCUT2D eigenvalue weighted by atomic mass is 31.1. The molecule has 1 heterocycles. The van der Waals surface area contributed by atoms with E-state index >= 15 is 0 Å². The summed E-state index contributed by atoms with van der Waals surface area (Å²) in [6, 6.07) is 0. The van der Waals surface area contributed by atoms with Gasteiger partial charge in [0.05, 0.1) is 12.1 Å². The summed E-state index contributed by atoms with van der Waals surface area (Å²) >= 11 is 0. The molecule has 0 radical (unpaired) electrons. The van der Waals surface area contributed by atoms with Crippen molar-refractivity contribution in [2.75, 3.05) is 6.61 Å². The molecular formula is C11H17N3O4P2. The van der Waals surface area contributed by atoms with Gasteiger partial charge >= 0.3 is 5.97 Å².